The lowest BCUT2D eigenvalue weighted by molar-refractivity contribution is -0.136. The van der Waals surface area contributed by atoms with Crippen LogP contribution in [0.3, 0.4) is 0 Å². The predicted octanol–water partition coefficient (Wildman–Crippen LogP) is 4.71. The Hall–Kier alpha value is -2.91. The van der Waals surface area contributed by atoms with Crippen molar-refractivity contribution in [2.45, 2.75) is 18.9 Å². The number of hydrogen-bond donors (Lipinski definition) is 1. The van der Waals surface area contributed by atoms with Gasteiger partial charge in [-0.2, -0.15) is 26.3 Å². The van der Waals surface area contributed by atoms with Crippen LogP contribution in [-0.2, 0) is 12.7 Å². The highest BCUT2D eigenvalue weighted by Crippen LogP contribution is 2.35. The van der Waals surface area contributed by atoms with Crippen LogP contribution in [0.15, 0.2) is 52.1 Å². The van der Waals surface area contributed by atoms with Gasteiger partial charge in [0.2, 0.25) is 5.56 Å². The minimum Gasteiger partial charge on any atom is -0.472 e. The lowest BCUT2D eigenvalue weighted by Crippen LogP contribution is -2.33. The molecule has 0 spiro atoms. The largest absolute Gasteiger partial charge is 0.472 e. The lowest BCUT2D eigenvalue weighted by atomic mass is 10.1. The molecule has 4 nitrogen and oxygen atoms in total. The van der Waals surface area contributed by atoms with Gasteiger partial charge in [0.1, 0.15) is 6.54 Å². The van der Waals surface area contributed by atoms with Gasteiger partial charge in [0.25, 0.3) is 0 Å². The smallest absolute Gasteiger partial charge is 0.417 e. The van der Waals surface area contributed by atoms with E-state index in [2.05, 4.69) is 4.98 Å². The van der Waals surface area contributed by atoms with Crippen molar-refractivity contribution in [3.05, 3.63) is 64.3 Å². The molecule has 27 heavy (non-hydrogen) atoms. The number of benzene rings is 1. The molecule has 3 aromatic rings. The number of nitrogens with one attached hydrogen (secondary N) is 1. The number of H-pyrrole nitrogens is 1. The zero-order valence-corrected chi connectivity index (χ0v) is 13.5. The highest BCUT2D eigenvalue weighted by molar-refractivity contribution is 5.86. The molecule has 0 aliphatic carbocycles. The third kappa shape index (κ3) is 4.44. The summed E-state index contributed by atoms with van der Waals surface area (Å²) in [7, 11) is 0. The SMILES string of the molecule is O=c1cc(C(F)(F)F)c2cc(N(Cc3ccoc3)CC(F)(F)F)ccc2[nH]1. The fraction of sp³-hybridized carbons (Fsp3) is 0.235. The van der Waals surface area contributed by atoms with E-state index in [9.17, 15) is 31.1 Å². The molecular weight excluding hydrogens is 378 g/mol. The summed E-state index contributed by atoms with van der Waals surface area (Å²) in [4.78, 5) is 14.6. The minimum absolute atomic E-state index is 0.0708. The van der Waals surface area contributed by atoms with Gasteiger partial charge in [-0.1, -0.05) is 0 Å². The Labute approximate surface area is 148 Å². The van der Waals surface area contributed by atoms with Crippen LogP contribution < -0.4 is 10.5 Å². The van der Waals surface area contributed by atoms with E-state index in [1.807, 2.05) is 0 Å². The Balaban J connectivity index is 2.11. The molecule has 0 aliphatic rings. The average Bonchev–Trinajstić information content (AvgIpc) is 3.04. The zero-order chi connectivity index (χ0) is 19.8. The molecule has 1 aromatic carbocycles. The van der Waals surface area contributed by atoms with Gasteiger partial charge in [0.05, 0.1) is 18.1 Å². The number of aromatic nitrogens is 1. The fourth-order valence-electron chi connectivity index (χ4n) is 2.73. The van der Waals surface area contributed by atoms with Crippen LogP contribution in [0.5, 0.6) is 0 Å². The molecule has 144 valence electrons. The van der Waals surface area contributed by atoms with E-state index in [1.165, 1.54) is 24.7 Å². The van der Waals surface area contributed by atoms with Gasteiger partial charge < -0.3 is 14.3 Å². The molecule has 1 N–H and O–H groups in total. The minimum atomic E-state index is -4.83. The van der Waals surface area contributed by atoms with Crippen LogP contribution in [0.1, 0.15) is 11.1 Å². The number of nitrogens with zero attached hydrogens (tertiary/aromatic N) is 1. The first-order valence-corrected chi connectivity index (χ1v) is 7.60. The van der Waals surface area contributed by atoms with Crippen LogP contribution in [-0.4, -0.2) is 17.7 Å². The van der Waals surface area contributed by atoms with Crippen molar-refractivity contribution in [1.29, 1.82) is 0 Å². The number of aromatic amines is 1. The molecule has 0 bridgehead atoms. The monoisotopic (exact) mass is 390 g/mol. The molecule has 0 unspecified atom stereocenters. The summed E-state index contributed by atoms with van der Waals surface area (Å²) in [5, 5.41) is -0.390. The van der Waals surface area contributed by atoms with Crippen LogP contribution in [0.25, 0.3) is 10.9 Å². The number of anilines is 1. The topological polar surface area (TPSA) is 49.2 Å². The van der Waals surface area contributed by atoms with Gasteiger partial charge in [0, 0.05) is 34.8 Å². The number of halogens is 6. The summed E-state index contributed by atoms with van der Waals surface area (Å²) in [6, 6.07) is 5.21. The van der Waals surface area contributed by atoms with E-state index in [4.69, 9.17) is 4.42 Å². The van der Waals surface area contributed by atoms with Crippen molar-refractivity contribution in [3.63, 3.8) is 0 Å². The number of fused-ring (bicyclic) bond motifs is 1. The van der Waals surface area contributed by atoms with Gasteiger partial charge in [-0.05, 0) is 24.3 Å². The number of alkyl halides is 6. The first-order chi connectivity index (χ1) is 12.5. The Bertz CT molecular complexity index is 989. The van der Waals surface area contributed by atoms with Gasteiger partial charge in [-0.25, -0.2) is 0 Å². The maximum absolute atomic E-state index is 13.2. The van der Waals surface area contributed by atoms with Crippen molar-refractivity contribution in [1.82, 2.24) is 4.98 Å². The van der Waals surface area contributed by atoms with Gasteiger partial charge in [-0.15, -0.1) is 0 Å². The second-order valence-electron chi connectivity index (χ2n) is 5.88. The predicted molar refractivity (Wildman–Crippen MR) is 85.4 cm³/mol. The highest BCUT2D eigenvalue weighted by Gasteiger charge is 2.34. The third-order valence-electron chi connectivity index (χ3n) is 3.82. The van der Waals surface area contributed by atoms with Crippen LogP contribution in [0, 0.1) is 0 Å². The van der Waals surface area contributed by atoms with Crippen molar-refractivity contribution < 1.29 is 30.8 Å². The van der Waals surface area contributed by atoms with E-state index < -0.39 is 30.0 Å². The summed E-state index contributed by atoms with van der Waals surface area (Å²) >= 11 is 0. The summed E-state index contributed by atoms with van der Waals surface area (Å²) in [5.41, 5.74) is -1.92. The van der Waals surface area contributed by atoms with Crippen LogP contribution in [0.4, 0.5) is 32.0 Å². The molecular formula is C17H12F6N2O2. The summed E-state index contributed by atoms with van der Waals surface area (Å²) in [6.07, 6.45) is -6.86. The van der Waals surface area contributed by atoms with E-state index in [0.717, 1.165) is 17.0 Å². The number of hydrogen-bond acceptors (Lipinski definition) is 3. The first kappa shape index (κ1) is 18.9. The van der Waals surface area contributed by atoms with E-state index in [0.29, 0.717) is 11.6 Å². The van der Waals surface area contributed by atoms with Crippen LogP contribution >= 0.6 is 0 Å². The average molecular weight is 390 g/mol. The Morgan fingerprint density at radius 2 is 1.78 bits per heavy atom. The van der Waals surface area contributed by atoms with Crippen molar-refractivity contribution in [2.75, 3.05) is 11.4 Å². The van der Waals surface area contributed by atoms with Gasteiger partial charge >= 0.3 is 12.4 Å². The number of furan rings is 1. The Morgan fingerprint density at radius 1 is 1.04 bits per heavy atom. The molecule has 0 saturated heterocycles. The Kier molecular flexibility index (Phi) is 4.66. The van der Waals surface area contributed by atoms with Crippen molar-refractivity contribution >= 4 is 16.6 Å². The summed E-state index contributed by atoms with van der Waals surface area (Å²) in [5.74, 6) is 0. The van der Waals surface area contributed by atoms with Crippen LogP contribution in [0.2, 0.25) is 0 Å². The molecule has 2 heterocycles. The maximum Gasteiger partial charge on any atom is 0.417 e. The number of pyridine rings is 1. The zero-order valence-electron chi connectivity index (χ0n) is 13.5. The van der Waals surface area contributed by atoms with Crippen molar-refractivity contribution in [2.24, 2.45) is 0 Å². The summed E-state index contributed by atoms with van der Waals surface area (Å²) in [6.45, 7) is -1.58. The third-order valence-corrected chi connectivity index (χ3v) is 3.82. The molecule has 0 fully saturated rings. The molecule has 0 radical (unpaired) electrons. The van der Waals surface area contributed by atoms with Crippen molar-refractivity contribution in [3.8, 4) is 0 Å². The van der Waals surface area contributed by atoms with E-state index >= 15 is 0 Å². The molecule has 0 atom stereocenters. The van der Waals surface area contributed by atoms with E-state index in [1.54, 1.807) is 0 Å². The molecule has 0 saturated carbocycles. The standard InChI is InChI=1S/C17H12F6N2O2/c18-16(19,20)9-25(7-10-3-4-27-8-10)11-1-2-14-12(5-11)13(17(21,22)23)6-15(26)24-14/h1-6,8H,7,9H2,(H,24,26). The normalized spacial score (nSPS) is 12.5. The summed E-state index contributed by atoms with van der Waals surface area (Å²) < 4.78 is 83.5. The van der Waals surface area contributed by atoms with E-state index in [-0.39, 0.29) is 23.1 Å². The molecule has 3 rings (SSSR count). The molecule has 2 aromatic heterocycles. The number of rotatable bonds is 4. The highest BCUT2D eigenvalue weighted by atomic mass is 19.4. The van der Waals surface area contributed by atoms with Gasteiger partial charge in [0.15, 0.2) is 0 Å². The maximum atomic E-state index is 13.2. The molecule has 0 aliphatic heterocycles. The quantitative estimate of drug-likeness (QED) is 0.657. The fourth-order valence-corrected chi connectivity index (χ4v) is 2.73. The Morgan fingerprint density at radius 3 is 2.37 bits per heavy atom. The van der Waals surface area contributed by atoms with Gasteiger partial charge in [-0.3, -0.25) is 4.79 Å². The first-order valence-electron chi connectivity index (χ1n) is 7.60. The second-order valence-corrected chi connectivity index (χ2v) is 5.88. The molecule has 10 heteroatoms. The lowest BCUT2D eigenvalue weighted by Gasteiger charge is -2.26. The molecule has 0 amide bonds. The second kappa shape index (κ2) is 6.67.